The number of nitrogens with two attached hydrogens (primary N) is 1. The molecule has 2 aliphatic heterocycles. The summed E-state index contributed by atoms with van der Waals surface area (Å²) >= 11 is 0. The number of fused-ring (bicyclic) bond motifs is 1. The number of likely N-dealkylation sites (tertiary alicyclic amines) is 1. The van der Waals surface area contributed by atoms with E-state index in [0.29, 0.717) is 59.0 Å². The molecule has 51 heavy (non-hydrogen) atoms. The standard InChI is InChI=1S/C40H62N4O7/c1-8-28(2)37(41)38(45)44-25-36(51-27-30-12-15-35-34(22-30)43(17-19-50-35)16-9-18-47-6)33(23-32(44)24-40(3,4)39(46)42-5)31-13-10-29(11-14-31)26-49-21-20-48-7/h10-15,22,28,32-33,36-37H,8-9,16-21,23-27,41H2,1-7H3,(H,42,46)/t28-,32-,33+,36-,37-/m0/s1. The molecule has 2 aliphatic rings. The molecular formula is C40H62N4O7. The Bertz CT molecular complexity index is 1390. The molecule has 2 heterocycles. The van der Waals surface area contributed by atoms with E-state index in [4.69, 9.17) is 29.4 Å². The van der Waals surface area contributed by atoms with Crippen LogP contribution in [0.25, 0.3) is 0 Å². The highest BCUT2D eigenvalue weighted by Crippen LogP contribution is 2.40. The average molecular weight is 711 g/mol. The van der Waals surface area contributed by atoms with Gasteiger partial charge in [-0.2, -0.15) is 0 Å². The van der Waals surface area contributed by atoms with Crippen molar-refractivity contribution in [1.29, 1.82) is 0 Å². The van der Waals surface area contributed by atoms with Gasteiger partial charge in [0.25, 0.3) is 0 Å². The number of hydrogen-bond donors (Lipinski definition) is 2. The summed E-state index contributed by atoms with van der Waals surface area (Å²) in [6.07, 6.45) is 2.57. The van der Waals surface area contributed by atoms with Gasteiger partial charge in [-0.15, -0.1) is 0 Å². The van der Waals surface area contributed by atoms with E-state index in [1.165, 1.54) is 0 Å². The monoisotopic (exact) mass is 710 g/mol. The van der Waals surface area contributed by atoms with Crippen LogP contribution in [-0.2, 0) is 41.8 Å². The maximum Gasteiger partial charge on any atom is 0.240 e. The zero-order valence-electron chi connectivity index (χ0n) is 32.0. The van der Waals surface area contributed by atoms with E-state index in [2.05, 4.69) is 53.5 Å². The van der Waals surface area contributed by atoms with Crippen molar-refractivity contribution in [3.63, 3.8) is 0 Å². The van der Waals surface area contributed by atoms with Gasteiger partial charge >= 0.3 is 0 Å². The zero-order valence-corrected chi connectivity index (χ0v) is 32.0. The highest BCUT2D eigenvalue weighted by atomic mass is 16.5. The Hall–Kier alpha value is -3.22. The number of nitrogens with one attached hydrogen (secondary N) is 1. The van der Waals surface area contributed by atoms with Crippen LogP contribution in [0, 0.1) is 11.3 Å². The molecule has 0 aromatic heterocycles. The first-order chi connectivity index (χ1) is 24.5. The Balaban J connectivity index is 1.64. The van der Waals surface area contributed by atoms with Gasteiger partial charge in [-0.1, -0.05) is 64.4 Å². The molecule has 0 unspecified atom stereocenters. The molecule has 0 aliphatic carbocycles. The molecule has 284 valence electrons. The fourth-order valence-corrected chi connectivity index (χ4v) is 7.17. The highest BCUT2D eigenvalue weighted by molar-refractivity contribution is 5.83. The van der Waals surface area contributed by atoms with E-state index in [0.717, 1.165) is 54.1 Å². The quantitative estimate of drug-likeness (QED) is 0.196. The third kappa shape index (κ3) is 10.9. The predicted octanol–water partition coefficient (Wildman–Crippen LogP) is 4.89. The van der Waals surface area contributed by atoms with Crippen molar-refractivity contribution in [3.8, 4) is 5.75 Å². The molecule has 1 fully saturated rings. The number of amides is 2. The minimum absolute atomic E-state index is 0.0189. The van der Waals surface area contributed by atoms with E-state index in [9.17, 15) is 9.59 Å². The summed E-state index contributed by atoms with van der Waals surface area (Å²) in [6.45, 7) is 13.3. The van der Waals surface area contributed by atoms with Crippen LogP contribution in [0.2, 0.25) is 0 Å². The van der Waals surface area contributed by atoms with Gasteiger partial charge in [0.15, 0.2) is 0 Å². The zero-order chi connectivity index (χ0) is 37.0. The number of hydrogen-bond acceptors (Lipinski definition) is 9. The van der Waals surface area contributed by atoms with Crippen molar-refractivity contribution in [3.05, 3.63) is 59.2 Å². The fraction of sp³-hybridized carbons (Fsp3) is 0.650. The summed E-state index contributed by atoms with van der Waals surface area (Å²) in [5.74, 6) is 0.734. The lowest BCUT2D eigenvalue weighted by atomic mass is 9.76. The minimum atomic E-state index is -0.694. The van der Waals surface area contributed by atoms with Crippen LogP contribution in [0.3, 0.4) is 0 Å². The lowest BCUT2D eigenvalue weighted by molar-refractivity contribution is -0.146. The Labute approximate surface area is 305 Å². The van der Waals surface area contributed by atoms with Crippen molar-refractivity contribution in [2.45, 2.75) is 90.7 Å². The molecule has 11 nitrogen and oxygen atoms in total. The second-order valence-electron chi connectivity index (χ2n) is 14.7. The Morgan fingerprint density at radius 1 is 1.04 bits per heavy atom. The number of rotatable bonds is 19. The summed E-state index contributed by atoms with van der Waals surface area (Å²) < 4.78 is 29.0. The Morgan fingerprint density at radius 2 is 1.76 bits per heavy atom. The summed E-state index contributed by atoms with van der Waals surface area (Å²) in [6, 6.07) is 13.9. The van der Waals surface area contributed by atoms with Gasteiger partial charge in [-0.3, -0.25) is 9.59 Å². The molecule has 0 spiro atoms. The molecular weight excluding hydrogens is 648 g/mol. The van der Waals surface area contributed by atoms with E-state index in [1.54, 1.807) is 21.3 Å². The third-order valence-corrected chi connectivity index (χ3v) is 10.5. The summed E-state index contributed by atoms with van der Waals surface area (Å²) in [5.41, 5.74) is 10.2. The number of ether oxygens (including phenoxy) is 5. The van der Waals surface area contributed by atoms with E-state index in [1.807, 2.05) is 31.7 Å². The first-order valence-electron chi connectivity index (χ1n) is 18.6. The number of piperidine rings is 1. The fourth-order valence-electron chi connectivity index (χ4n) is 7.17. The van der Waals surface area contributed by atoms with Crippen molar-refractivity contribution >= 4 is 17.5 Å². The molecule has 0 bridgehead atoms. The molecule has 11 heteroatoms. The van der Waals surface area contributed by atoms with Crippen molar-refractivity contribution in [1.82, 2.24) is 10.2 Å². The van der Waals surface area contributed by atoms with Crippen LogP contribution in [0.1, 0.15) is 76.0 Å². The summed E-state index contributed by atoms with van der Waals surface area (Å²) in [4.78, 5) is 31.5. The maximum absolute atomic E-state index is 14.2. The largest absolute Gasteiger partial charge is 0.490 e. The second kappa shape index (κ2) is 19.6. The molecule has 4 rings (SSSR count). The molecule has 2 aromatic carbocycles. The van der Waals surface area contributed by atoms with Crippen LogP contribution >= 0.6 is 0 Å². The van der Waals surface area contributed by atoms with Crippen LogP contribution in [0.15, 0.2) is 42.5 Å². The van der Waals surface area contributed by atoms with Gasteiger partial charge in [-0.25, -0.2) is 0 Å². The first-order valence-corrected chi connectivity index (χ1v) is 18.6. The van der Waals surface area contributed by atoms with Crippen LogP contribution in [0.5, 0.6) is 5.75 Å². The third-order valence-electron chi connectivity index (χ3n) is 10.5. The average Bonchev–Trinajstić information content (AvgIpc) is 3.14. The molecule has 2 aromatic rings. The highest BCUT2D eigenvalue weighted by Gasteiger charge is 2.44. The topological polar surface area (TPSA) is 125 Å². The number of methoxy groups -OCH3 is 2. The van der Waals surface area contributed by atoms with Crippen molar-refractivity contribution in [2.75, 3.05) is 72.2 Å². The van der Waals surface area contributed by atoms with Crippen LogP contribution < -0.4 is 20.7 Å². The number of nitrogens with zero attached hydrogens (tertiary/aromatic N) is 2. The minimum Gasteiger partial charge on any atom is -0.490 e. The van der Waals surface area contributed by atoms with E-state index >= 15 is 0 Å². The first kappa shape index (κ1) is 40.5. The molecule has 1 saturated heterocycles. The lowest BCUT2D eigenvalue weighted by Gasteiger charge is -2.47. The number of carbonyl (C=O) groups excluding carboxylic acids is 2. The van der Waals surface area contributed by atoms with E-state index in [-0.39, 0.29) is 35.8 Å². The molecule has 0 radical (unpaired) electrons. The molecule has 3 N–H and O–H groups in total. The Kier molecular flexibility index (Phi) is 15.6. The molecule has 2 amide bonds. The predicted molar refractivity (Wildman–Crippen MR) is 200 cm³/mol. The van der Waals surface area contributed by atoms with Gasteiger partial charge in [0.1, 0.15) is 12.4 Å². The van der Waals surface area contributed by atoms with Crippen molar-refractivity contribution in [2.24, 2.45) is 17.1 Å². The molecule has 5 atom stereocenters. The number of carbonyl (C=O) groups is 2. The van der Waals surface area contributed by atoms with Crippen LogP contribution in [-0.4, -0.2) is 102 Å². The van der Waals surface area contributed by atoms with Gasteiger partial charge in [0.05, 0.1) is 50.8 Å². The normalized spacial score (nSPS) is 20.4. The van der Waals surface area contributed by atoms with Crippen molar-refractivity contribution < 1.29 is 33.3 Å². The SMILES string of the molecule is CC[C@H](C)[C@H](N)C(=O)N1C[C@H](OCc2ccc3c(c2)N(CCCOC)CCO3)[C@@H](c2ccc(COCCOC)cc2)C[C@H]1CC(C)(C)C(=O)NC. The number of anilines is 1. The van der Waals surface area contributed by atoms with Crippen LogP contribution in [0.4, 0.5) is 5.69 Å². The summed E-state index contributed by atoms with van der Waals surface area (Å²) in [5, 5.41) is 2.82. The van der Waals surface area contributed by atoms with E-state index < -0.39 is 11.5 Å². The Morgan fingerprint density at radius 3 is 2.45 bits per heavy atom. The van der Waals surface area contributed by atoms with Gasteiger partial charge in [-0.05, 0) is 54.0 Å². The van der Waals surface area contributed by atoms with Gasteiger partial charge < -0.3 is 44.5 Å². The lowest BCUT2D eigenvalue weighted by Crippen LogP contribution is -2.58. The summed E-state index contributed by atoms with van der Waals surface area (Å²) in [7, 11) is 5.05. The molecule has 0 saturated carbocycles. The smallest absolute Gasteiger partial charge is 0.240 e. The van der Waals surface area contributed by atoms with Gasteiger partial charge in [0.2, 0.25) is 11.8 Å². The number of benzene rings is 2. The maximum atomic E-state index is 14.2. The van der Waals surface area contributed by atoms with Gasteiger partial charge in [0, 0.05) is 58.3 Å². The second-order valence-corrected chi connectivity index (χ2v) is 14.7.